The molecule has 0 heterocycles. The normalized spacial score (nSPS) is 14.6. The predicted octanol–water partition coefficient (Wildman–Crippen LogP) is -2.34. The van der Waals surface area contributed by atoms with E-state index in [1.807, 2.05) is 0 Å². The Hall–Kier alpha value is -3.22. The van der Waals surface area contributed by atoms with Crippen LogP contribution in [-0.2, 0) is 28.8 Å². The van der Waals surface area contributed by atoms with Gasteiger partial charge in [0.25, 0.3) is 0 Å². The van der Waals surface area contributed by atoms with Gasteiger partial charge < -0.3 is 37.6 Å². The molecule has 0 aromatic rings. The molecule has 0 bridgehead atoms. The van der Waals surface area contributed by atoms with Crippen molar-refractivity contribution in [3.8, 4) is 0 Å². The smallest absolute Gasteiger partial charge is 0.326 e. The number of carboxylic acids is 2. The molecule has 0 radical (unpaired) electrons. The number of carboxylic acid groups (broad SMARTS) is 2. The fourth-order valence-electron chi connectivity index (χ4n) is 2.47. The zero-order chi connectivity index (χ0) is 24.3. The highest BCUT2D eigenvalue weighted by Crippen LogP contribution is 2.05. The van der Waals surface area contributed by atoms with Gasteiger partial charge in [0.2, 0.25) is 23.6 Å². The molecule has 31 heavy (non-hydrogen) atoms. The van der Waals surface area contributed by atoms with Gasteiger partial charge in [-0.1, -0.05) is 13.8 Å². The highest BCUT2D eigenvalue weighted by Gasteiger charge is 2.29. The SMILES string of the molecule is CC(C)CC(NC(=O)C(C)NC(=O)C(CC(N)=O)NC(=O)C(N)CCC(=O)O)C(=O)O. The first-order valence-electron chi connectivity index (χ1n) is 9.64. The van der Waals surface area contributed by atoms with Crippen molar-refractivity contribution in [2.45, 2.75) is 70.6 Å². The Bertz CT molecular complexity index is 696. The molecule has 0 saturated heterocycles. The minimum absolute atomic E-state index is 0.00760. The molecule has 0 aromatic carbocycles. The quantitative estimate of drug-likeness (QED) is 0.151. The molecule has 4 amide bonds. The summed E-state index contributed by atoms with van der Waals surface area (Å²) in [5.41, 5.74) is 10.7. The number of aliphatic carboxylic acids is 2. The summed E-state index contributed by atoms with van der Waals surface area (Å²) in [5, 5.41) is 24.6. The van der Waals surface area contributed by atoms with Crippen molar-refractivity contribution < 1.29 is 39.0 Å². The Morgan fingerprint density at radius 1 is 0.839 bits per heavy atom. The molecular formula is C18H31N5O8. The van der Waals surface area contributed by atoms with E-state index in [2.05, 4.69) is 16.0 Å². The first-order chi connectivity index (χ1) is 14.2. The molecule has 0 aliphatic carbocycles. The lowest BCUT2D eigenvalue weighted by Crippen LogP contribution is -2.57. The van der Waals surface area contributed by atoms with Crippen molar-refractivity contribution in [1.29, 1.82) is 0 Å². The molecule has 0 saturated carbocycles. The van der Waals surface area contributed by atoms with E-state index >= 15 is 0 Å². The first-order valence-corrected chi connectivity index (χ1v) is 9.64. The highest BCUT2D eigenvalue weighted by molar-refractivity contribution is 5.96. The molecule has 9 N–H and O–H groups in total. The second kappa shape index (κ2) is 13.2. The van der Waals surface area contributed by atoms with Crippen LogP contribution in [0, 0.1) is 5.92 Å². The Balaban J connectivity index is 5.07. The van der Waals surface area contributed by atoms with E-state index in [4.69, 9.17) is 16.6 Å². The van der Waals surface area contributed by atoms with Crippen molar-refractivity contribution in [3.63, 3.8) is 0 Å². The Morgan fingerprint density at radius 3 is 1.84 bits per heavy atom. The van der Waals surface area contributed by atoms with Gasteiger partial charge in [-0.05, 0) is 25.7 Å². The number of primary amides is 1. The molecular weight excluding hydrogens is 414 g/mol. The molecule has 0 rings (SSSR count). The monoisotopic (exact) mass is 445 g/mol. The van der Waals surface area contributed by atoms with Gasteiger partial charge in [0, 0.05) is 6.42 Å². The molecule has 13 nitrogen and oxygen atoms in total. The topological polar surface area (TPSA) is 231 Å². The average Bonchev–Trinajstić information content (AvgIpc) is 2.63. The van der Waals surface area contributed by atoms with Gasteiger partial charge in [-0.3, -0.25) is 24.0 Å². The van der Waals surface area contributed by atoms with Crippen molar-refractivity contribution in [2.75, 3.05) is 0 Å². The summed E-state index contributed by atoms with van der Waals surface area (Å²) >= 11 is 0. The van der Waals surface area contributed by atoms with Gasteiger partial charge in [0.05, 0.1) is 12.5 Å². The number of nitrogens with two attached hydrogens (primary N) is 2. The number of hydrogen-bond donors (Lipinski definition) is 7. The van der Waals surface area contributed by atoms with Crippen LogP contribution in [0.5, 0.6) is 0 Å². The fraction of sp³-hybridized carbons (Fsp3) is 0.667. The Labute approximate surface area is 179 Å². The van der Waals surface area contributed by atoms with Crippen LogP contribution in [0.15, 0.2) is 0 Å². The number of carbonyl (C=O) groups excluding carboxylic acids is 4. The van der Waals surface area contributed by atoms with Crippen LogP contribution in [0.1, 0.15) is 46.5 Å². The van der Waals surface area contributed by atoms with Gasteiger partial charge in [0.15, 0.2) is 0 Å². The van der Waals surface area contributed by atoms with Crippen LogP contribution >= 0.6 is 0 Å². The largest absolute Gasteiger partial charge is 0.481 e. The highest BCUT2D eigenvalue weighted by atomic mass is 16.4. The van der Waals surface area contributed by atoms with Gasteiger partial charge >= 0.3 is 11.9 Å². The van der Waals surface area contributed by atoms with Crippen LogP contribution < -0.4 is 27.4 Å². The lowest BCUT2D eigenvalue weighted by molar-refractivity contribution is -0.143. The Kier molecular flexibility index (Phi) is 11.8. The summed E-state index contributed by atoms with van der Waals surface area (Å²) < 4.78 is 0. The Morgan fingerprint density at radius 2 is 1.39 bits per heavy atom. The van der Waals surface area contributed by atoms with Crippen LogP contribution in [0.25, 0.3) is 0 Å². The maximum absolute atomic E-state index is 12.5. The van der Waals surface area contributed by atoms with E-state index in [1.54, 1.807) is 13.8 Å². The predicted molar refractivity (Wildman–Crippen MR) is 107 cm³/mol. The van der Waals surface area contributed by atoms with Crippen molar-refractivity contribution in [3.05, 3.63) is 0 Å². The number of nitrogens with one attached hydrogen (secondary N) is 3. The molecule has 0 fully saturated rings. The number of carbonyl (C=O) groups is 6. The third kappa shape index (κ3) is 11.5. The molecule has 176 valence electrons. The van der Waals surface area contributed by atoms with Crippen molar-refractivity contribution in [1.82, 2.24) is 16.0 Å². The summed E-state index contributed by atoms with van der Waals surface area (Å²) in [6, 6.07) is -5.04. The van der Waals surface area contributed by atoms with E-state index in [0.29, 0.717) is 0 Å². The lowest BCUT2D eigenvalue weighted by atomic mass is 10.0. The molecule has 4 atom stereocenters. The number of rotatable bonds is 14. The van der Waals surface area contributed by atoms with Gasteiger partial charge in [-0.2, -0.15) is 0 Å². The molecule has 4 unspecified atom stereocenters. The molecule has 0 aliphatic heterocycles. The molecule has 13 heteroatoms. The maximum atomic E-state index is 12.5. The summed E-state index contributed by atoms with van der Waals surface area (Å²) in [4.78, 5) is 69.9. The molecule has 0 aromatic heterocycles. The van der Waals surface area contributed by atoms with E-state index in [0.717, 1.165) is 0 Å². The summed E-state index contributed by atoms with van der Waals surface area (Å²) in [7, 11) is 0. The summed E-state index contributed by atoms with van der Waals surface area (Å²) in [6.45, 7) is 4.86. The summed E-state index contributed by atoms with van der Waals surface area (Å²) in [5.74, 6) is -5.88. The van der Waals surface area contributed by atoms with Gasteiger partial charge in [0.1, 0.15) is 18.1 Å². The maximum Gasteiger partial charge on any atom is 0.326 e. The molecule has 0 spiro atoms. The van der Waals surface area contributed by atoms with Crippen LogP contribution in [0.2, 0.25) is 0 Å². The molecule has 0 aliphatic rings. The summed E-state index contributed by atoms with van der Waals surface area (Å²) in [6.07, 6.45) is -0.990. The number of amides is 4. The van der Waals surface area contributed by atoms with E-state index in [9.17, 15) is 33.9 Å². The van der Waals surface area contributed by atoms with E-state index in [1.165, 1.54) is 6.92 Å². The minimum atomic E-state index is -1.46. The third-order valence-corrected chi connectivity index (χ3v) is 4.12. The van der Waals surface area contributed by atoms with Gasteiger partial charge in [-0.15, -0.1) is 0 Å². The standard InChI is InChI=1S/C18H31N5O8/c1-8(2)6-12(18(30)31)23-15(27)9(3)21-17(29)11(7-13(20)24)22-16(28)10(19)4-5-14(25)26/h8-12H,4-7,19H2,1-3H3,(H2,20,24)(H,21,29)(H,22,28)(H,23,27)(H,25,26)(H,30,31). The first kappa shape index (κ1) is 27.8. The van der Waals surface area contributed by atoms with Crippen LogP contribution in [0.3, 0.4) is 0 Å². The second-order valence-electron chi connectivity index (χ2n) is 7.53. The fourth-order valence-corrected chi connectivity index (χ4v) is 2.47. The van der Waals surface area contributed by atoms with Crippen LogP contribution in [-0.4, -0.2) is 69.9 Å². The lowest BCUT2D eigenvalue weighted by Gasteiger charge is -2.23. The average molecular weight is 445 g/mol. The third-order valence-electron chi connectivity index (χ3n) is 4.12. The van der Waals surface area contributed by atoms with Crippen molar-refractivity contribution >= 4 is 35.6 Å². The second-order valence-corrected chi connectivity index (χ2v) is 7.53. The van der Waals surface area contributed by atoms with E-state index < -0.39 is 66.2 Å². The van der Waals surface area contributed by atoms with Crippen molar-refractivity contribution in [2.24, 2.45) is 17.4 Å². The van der Waals surface area contributed by atoms with Crippen LogP contribution in [0.4, 0.5) is 0 Å². The minimum Gasteiger partial charge on any atom is -0.481 e. The van der Waals surface area contributed by atoms with Gasteiger partial charge in [-0.25, -0.2) is 4.79 Å². The number of hydrogen-bond acceptors (Lipinski definition) is 7. The zero-order valence-corrected chi connectivity index (χ0v) is 17.7. The van der Waals surface area contributed by atoms with E-state index in [-0.39, 0.29) is 25.2 Å². The zero-order valence-electron chi connectivity index (χ0n) is 17.7.